The first-order valence-corrected chi connectivity index (χ1v) is 7.80. The number of nitrogens with zero attached hydrogens (tertiary/aromatic N) is 1. The molecular formula is C17H18N2S. The van der Waals surface area contributed by atoms with Crippen molar-refractivity contribution in [1.29, 1.82) is 0 Å². The number of hydrogen-bond acceptors (Lipinski definition) is 3. The van der Waals surface area contributed by atoms with E-state index in [1.165, 1.54) is 21.5 Å². The number of hydrogen-bond donors (Lipinski definition) is 1. The summed E-state index contributed by atoms with van der Waals surface area (Å²) in [4.78, 5) is 4.68. The van der Waals surface area contributed by atoms with Crippen LogP contribution in [0.1, 0.15) is 24.5 Å². The molecule has 0 fully saturated rings. The average Bonchev–Trinajstić information content (AvgIpc) is 2.82. The Balaban J connectivity index is 1.93. The number of aromatic nitrogens is 1. The molecule has 0 aliphatic carbocycles. The summed E-state index contributed by atoms with van der Waals surface area (Å²) in [6, 6.07) is 14.9. The van der Waals surface area contributed by atoms with Crippen LogP contribution in [0.4, 0.5) is 10.8 Å². The van der Waals surface area contributed by atoms with Gasteiger partial charge in [0.15, 0.2) is 5.13 Å². The van der Waals surface area contributed by atoms with Crippen LogP contribution in [0.15, 0.2) is 42.5 Å². The largest absolute Gasteiger partial charge is 0.331 e. The maximum Gasteiger partial charge on any atom is 0.188 e. The van der Waals surface area contributed by atoms with Gasteiger partial charge in [0.05, 0.1) is 10.2 Å². The summed E-state index contributed by atoms with van der Waals surface area (Å²) in [7, 11) is 0. The normalized spacial score (nSPS) is 10.9. The van der Waals surface area contributed by atoms with Crippen molar-refractivity contribution >= 4 is 32.4 Å². The Morgan fingerprint density at radius 1 is 1.15 bits per heavy atom. The van der Waals surface area contributed by atoms with Crippen molar-refractivity contribution in [2.75, 3.05) is 5.32 Å². The van der Waals surface area contributed by atoms with Crippen molar-refractivity contribution in [3.05, 3.63) is 53.6 Å². The van der Waals surface area contributed by atoms with E-state index in [1.54, 1.807) is 11.3 Å². The van der Waals surface area contributed by atoms with Gasteiger partial charge in [-0.3, -0.25) is 0 Å². The second kappa shape index (κ2) is 5.63. The highest BCUT2D eigenvalue weighted by molar-refractivity contribution is 7.22. The molecule has 0 aliphatic rings. The van der Waals surface area contributed by atoms with Gasteiger partial charge in [0.1, 0.15) is 0 Å². The quantitative estimate of drug-likeness (QED) is 0.702. The fourth-order valence-electron chi connectivity index (χ4n) is 2.34. The van der Waals surface area contributed by atoms with Gasteiger partial charge in [0, 0.05) is 5.69 Å². The topological polar surface area (TPSA) is 24.9 Å². The molecular weight excluding hydrogens is 264 g/mol. The molecule has 0 saturated carbocycles. The van der Waals surface area contributed by atoms with Crippen molar-refractivity contribution in [3.8, 4) is 0 Å². The minimum Gasteiger partial charge on any atom is -0.331 e. The number of nitrogens with one attached hydrogen (secondary N) is 1. The molecule has 2 aromatic carbocycles. The van der Waals surface area contributed by atoms with Crippen LogP contribution in [0.5, 0.6) is 0 Å². The summed E-state index contributed by atoms with van der Waals surface area (Å²) in [6.07, 6.45) is 2.24. The molecule has 0 aliphatic heterocycles. The minimum absolute atomic E-state index is 0.967. The molecule has 1 heterocycles. The summed E-state index contributed by atoms with van der Waals surface area (Å²) in [5, 5.41) is 4.44. The van der Waals surface area contributed by atoms with E-state index in [0.717, 1.165) is 23.5 Å². The zero-order valence-corrected chi connectivity index (χ0v) is 12.6. The van der Waals surface area contributed by atoms with E-state index >= 15 is 0 Å². The first kappa shape index (κ1) is 13.1. The van der Waals surface area contributed by atoms with Gasteiger partial charge >= 0.3 is 0 Å². The van der Waals surface area contributed by atoms with Crippen molar-refractivity contribution in [2.24, 2.45) is 0 Å². The van der Waals surface area contributed by atoms with Gasteiger partial charge < -0.3 is 5.32 Å². The van der Waals surface area contributed by atoms with Crippen molar-refractivity contribution < 1.29 is 0 Å². The molecule has 0 unspecified atom stereocenters. The fourth-order valence-corrected chi connectivity index (χ4v) is 3.19. The van der Waals surface area contributed by atoms with Gasteiger partial charge in [0.2, 0.25) is 0 Å². The lowest BCUT2D eigenvalue weighted by molar-refractivity contribution is 0.923. The van der Waals surface area contributed by atoms with Crippen molar-refractivity contribution in [2.45, 2.75) is 26.7 Å². The van der Waals surface area contributed by atoms with Crippen LogP contribution in [0.2, 0.25) is 0 Å². The first-order chi connectivity index (χ1) is 9.76. The third kappa shape index (κ3) is 2.68. The Bertz CT molecular complexity index is 731. The number of para-hydroxylation sites is 1. The summed E-state index contributed by atoms with van der Waals surface area (Å²) < 4.78 is 1.23. The van der Waals surface area contributed by atoms with Gasteiger partial charge in [-0.1, -0.05) is 48.9 Å². The number of aryl methyl sites for hydroxylation is 2. The molecule has 0 atom stereocenters. The average molecular weight is 282 g/mol. The Morgan fingerprint density at radius 2 is 2.00 bits per heavy atom. The monoisotopic (exact) mass is 282 g/mol. The first-order valence-electron chi connectivity index (χ1n) is 6.98. The zero-order chi connectivity index (χ0) is 13.9. The maximum absolute atomic E-state index is 4.68. The molecule has 3 aromatic rings. The summed E-state index contributed by atoms with van der Waals surface area (Å²) in [5.41, 5.74) is 4.85. The van der Waals surface area contributed by atoms with E-state index in [2.05, 4.69) is 66.6 Å². The maximum atomic E-state index is 4.68. The second-order valence-corrected chi connectivity index (χ2v) is 6.05. The molecule has 0 amide bonds. The van der Waals surface area contributed by atoms with Crippen LogP contribution < -0.4 is 5.32 Å². The second-order valence-electron chi connectivity index (χ2n) is 5.02. The Labute approximate surface area is 123 Å². The molecule has 20 heavy (non-hydrogen) atoms. The number of fused-ring (bicyclic) bond motifs is 1. The molecule has 0 spiro atoms. The van der Waals surface area contributed by atoms with Crippen LogP contribution in [0.25, 0.3) is 10.2 Å². The van der Waals surface area contributed by atoms with Crippen LogP contribution >= 0.6 is 11.3 Å². The molecule has 0 bridgehead atoms. The van der Waals surface area contributed by atoms with Crippen molar-refractivity contribution in [1.82, 2.24) is 4.98 Å². The van der Waals surface area contributed by atoms with Gasteiger partial charge in [-0.05, 0) is 42.7 Å². The standard InChI is InChI=1S/C17H18N2S/c1-3-6-13-7-4-5-8-14(13)18-17-19-15-11-12(2)9-10-16(15)20-17/h4-5,7-11H,3,6H2,1-2H3,(H,18,19). The third-order valence-electron chi connectivity index (χ3n) is 3.32. The highest BCUT2D eigenvalue weighted by Gasteiger charge is 2.06. The van der Waals surface area contributed by atoms with E-state index in [-0.39, 0.29) is 0 Å². The Morgan fingerprint density at radius 3 is 2.85 bits per heavy atom. The van der Waals surface area contributed by atoms with Crippen LogP contribution in [0.3, 0.4) is 0 Å². The van der Waals surface area contributed by atoms with Crippen LogP contribution in [0, 0.1) is 6.92 Å². The van der Waals surface area contributed by atoms with Gasteiger partial charge in [-0.2, -0.15) is 0 Å². The van der Waals surface area contributed by atoms with Crippen LogP contribution in [-0.4, -0.2) is 4.98 Å². The number of rotatable bonds is 4. The molecule has 1 aromatic heterocycles. The van der Waals surface area contributed by atoms with Crippen LogP contribution in [-0.2, 0) is 6.42 Å². The van der Waals surface area contributed by atoms with E-state index in [4.69, 9.17) is 0 Å². The lowest BCUT2D eigenvalue weighted by atomic mass is 10.1. The molecule has 1 N–H and O–H groups in total. The molecule has 0 radical (unpaired) electrons. The highest BCUT2D eigenvalue weighted by Crippen LogP contribution is 2.30. The summed E-state index contributed by atoms with van der Waals surface area (Å²) in [5.74, 6) is 0. The molecule has 102 valence electrons. The lowest BCUT2D eigenvalue weighted by Crippen LogP contribution is -1.95. The zero-order valence-electron chi connectivity index (χ0n) is 11.8. The molecule has 2 nitrogen and oxygen atoms in total. The SMILES string of the molecule is CCCc1ccccc1Nc1nc2cc(C)ccc2s1. The Kier molecular flexibility index (Phi) is 3.70. The lowest BCUT2D eigenvalue weighted by Gasteiger charge is -2.08. The summed E-state index contributed by atoms with van der Waals surface area (Å²) >= 11 is 1.71. The van der Waals surface area contributed by atoms with E-state index in [0.29, 0.717) is 0 Å². The minimum atomic E-state index is 0.967. The third-order valence-corrected chi connectivity index (χ3v) is 4.27. The van der Waals surface area contributed by atoms with E-state index in [1.807, 2.05) is 0 Å². The van der Waals surface area contributed by atoms with Gasteiger partial charge in [-0.15, -0.1) is 0 Å². The number of thiazole rings is 1. The van der Waals surface area contributed by atoms with Gasteiger partial charge in [-0.25, -0.2) is 4.98 Å². The fraction of sp³-hybridized carbons (Fsp3) is 0.235. The smallest absolute Gasteiger partial charge is 0.188 e. The highest BCUT2D eigenvalue weighted by atomic mass is 32.1. The predicted molar refractivity (Wildman–Crippen MR) is 88.1 cm³/mol. The summed E-state index contributed by atoms with van der Waals surface area (Å²) in [6.45, 7) is 4.31. The number of anilines is 2. The molecule has 0 saturated heterocycles. The Hall–Kier alpha value is -1.87. The van der Waals surface area contributed by atoms with Gasteiger partial charge in [0.25, 0.3) is 0 Å². The number of benzene rings is 2. The van der Waals surface area contributed by atoms with Crippen molar-refractivity contribution in [3.63, 3.8) is 0 Å². The van der Waals surface area contributed by atoms with E-state index < -0.39 is 0 Å². The predicted octanol–water partition coefficient (Wildman–Crippen LogP) is 5.30. The molecule has 3 rings (SSSR count). The molecule has 3 heteroatoms. The van der Waals surface area contributed by atoms with E-state index in [9.17, 15) is 0 Å².